The Morgan fingerprint density at radius 2 is 1.79 bits per heavy atom. The Morgan fingerprint density at radius 3 is 2.38 bits per heavy atom. The third-order valence-electron chi connectivity index (χ3n) is 4.69. The van der Waals surface area contributed by atoms with E-state index < -0.39 is 29.3 Å². The summed E-state index contributed by atoms with van der Waals surface area (Å²) in [5.41, 5.74) is 1.48. The minimum absolute atomic E-state index is 0.0303. The van der Waals surface area contributed by atoms with E-state index in [1.807, 2.05) is 0 Å². The first-order valence-electron chi connectivity index (χ1n) is 8.79. The molecule has 0 saturated carbocycles. The maximum atomic E-state index is 13.4. The quantitative estimate of drug-likeness (QED) is 0.657. The van der Waals surface area contributed by atoms with Gasteiger partial charge in [-0.25, -0.2) is 9.37 Å². The fraction of sp³-hybridized carbons (Fsp3) is 0.143. The number of carbonyl (C=O) groups is 2. The summed E-state index contributed by atoms with van der Waals surface area (Å²) in [7, 11) is 0. The van der Waals surface area contributed by atoms with E-state index in [0.717, 1.165) is 0 Å². The van der Waals surface area contributed by atoms with Crippen molar-refractivity contribution in [1.82, 2.24) is 9.97 Å². The van der Waals surface area contributed by atoms with Crippen molar-refractivity contribution >= 4 is 28.7 Å². The average Bonchev–Trinajstić information content (AvgIpc) is 3.19. The largest absolute Gasteiger partial charge is 0.503 e. The molecule has 0 aliphatic carbocycles. The molecule has 8 heteroatoms. The number of rotatable bonds is 4. The molecule has 29 heavy (non-hydrogen) atoms. The highest BCUT2D eigenvalue weighted by Crippen LogP contribution is 2.42. The summed E-state index contributed by atoms with van der Waals surface area (Å²) in [5.74, 6) is -2.25. The zero-order valence-electron chi connectivity index (χ0n) is 15.6. The van der Waals surface area contributed by atoms with Crippen LogP contribution in [-0.4, -0.2) is 26.8 Å². The van der Waals surface area contributed by atoms with Gasteiger partial charge in [0, 0.05) is 18.1 Å². The van der Waals surface area contributed by atoms with Gasteiger partial charge in [-0.3, -0.25) is 19.5 Å². The van der Waals surface area contributed by atoms with Crippen LogP contribution in [0.25, 0.3) is 0 Å². The van der Waals surface area contributed by atoms with Gasteiger partial charge in [-0.15, -0.1) is 11.3 Å². The Hall–Kier alpha value is -3.39. The van der Waals surface area contributed by atoms with Crippen molar-refractivity contribution in [3.05, 3.63) is 87.1 Å². The molecule has 6 nitrogen and oxygen atoms in total. The molecule has 146 valence electrons. The van der Waals surface area contributed by atoms with Crippen LogP contribution in [0.4, 0.5) is 10.1 Å². The second-order valence-electron chi connectivity index (χ2n) is 6.57. The van der Waals surface area contributed by atoms with Crippen LogP contribution in [0.5, 0.6) is 0 Å². The Bertz CT molecular complexity index is 1140. The van der Waals surface area contributed by atoms with Gasteiger partial charge < -0.3 is 5.11 Å². The number of benzene rings is 1. The molecule has 0 spiro atoms. The summed E-state index contributed by atoms with van der Waals surface area (Å²) in [6, 6.07) is 7.79. The van der Waals surface area contributed by atoms with E-state index in [1.165, 1.54) is 40.5 Å². The van der Waals surface area contributed by atoms with E-state index in [4.69, 9.17) is 0 Å². The maximum absolute atomic E-state index is 13.4. The highest BCUT2D eigenvalue weighted by Gasteiger charge is 2.45. The first kappa shape index (κ1) is 18.9. The van der Waals surface area contributed by atoms with Gasteiger partial charge in [0.15, 0.2) is 5.76 Å². The topological polar surface area (TPSA) is 83.4 Å². The van der Waals surface area contributed by atoms with Crippen LogP contribution >= 0.6 is 11.3 Å². The van der Waals surface area contributed by atoms with Crippen molar-refractivity contribution in [2.24, 2.45) is 0 Å². The minimum Gasteiger partial charge on any atom is -0.503 e. The number of carbonyl (C=O) groups excluding carboxylic acids is 2. The molecule has 1 unspecified atom stereocenters. The molecule has 1 aliphatic rings. The van der Waals surface area contributed by atoms with Crippen LogP contribution in [0, 0.1) is 19.7 Å². The smallest absolute Gasteiger partial charge is 0.294 e. The summed E-state index contributed by atoms with van der Waals surface area (Å²) in [6.07, 6.45) is 3.09. The van der Waals surface area contributed by atoms with Gasteiger partial charge in [0.25, 0.3) is 5.91 Å². The van der Waals surface area contributed by atoms with Gasteiger partial charge in [-0.1, -0.05) is 0 Å². The number of aliphatic hydroxyl groups is 1. The van der Waals surface area contributed by atoms with E-state index in [9.17, 15) is 19.1 Å². The number of amides is 1. The molecule has 1 N–H and O–H groups in total. The number of aryl methyl sites for hydroxylation is 2. The number of pyridine rings is 1. The van der Waals surface area contributed by atoms with E-state index >= 15 is 0 Å². The number of halogens is 1. The van der Waals surface area contributed by atoms with Gasteiger partial charge in [-0.2, -0.15) is 0 Å². The lowest BCUT2D eigenvalue weighted by Gasteiger charge is -2.26. The monoisotopic (exact) mass is 409 g/mol. The number of hydrogen-bond acceptors (Lipinski definition) is 6. The number of thiazole rings is 1. The molecule has 1 aromatic carbocycles. The molecule has 3 heterocycles. The normalized spacial score (nSPS) is 16.6. The van der Waals surface area contributed by atoms with Crippen molar-refractivity contribution in [3.63, 3.8) is 0 Å². The fourth-order valence-electron chi connectivity index (χ4n) is 3.43. The summed E-state index contributed by atoms with van der Waals surface area (Å²) >= 11 is 1.21. The molecule has 4 rings (SSSR count). The van der Waals surface area contributed by atoms with Crippen LogP contribution in [0.15, 0.2) is 60.1 Å². The molecule has 0 bridgehead atoms. The standard InChI is InChI=1S/C21H16FN3O3S/c1-11-20(29-12(2)24-11)18(26)16-17(13-7-9-23-10-8-13)25(21(28)19(16)27)15-5-3-14(22)4-6-15/h3-10,17,27H,1-2H3. The molecular formula is C21H16FN3O3S. The number of aliphatic hydroxyl groups excluding tert-OH is 1. The summed E-state index contributed by atoms with van der Waals surface area (Å²) < 4.78 is 13.4. The number of Topliss-reactive ketones (excluding diaryl/α,β-unsaturated/α-hetero) is 1. The lowest BCUT2D eigenvalue weighted by molar-refractivity contribution is -0.117. The summed E-state index contributed by atoms with van der Waals surface area (Å²) in [6.45, 7) is 3.50. The van der Waals surface area contributed by atoms with E-state index in [2.05, 4.69) is 9.97 Å². The third kappa shape index (κ3) is 3.21. The van der Waals surface area contributed by atoms with Crippen molar-refractivity contribution < 1.29 is 19.1 Å². The highest BCUT2D eigenvalue weighted by atomic mass is 32.1. The zero-order chi connectivity index (χ0) is 20.7. The third-order valence-corrected chi connectivity index (χ3v) is 5.76. The van der Waals surface area contributed by atoms with Gasteiger partial charge in [0.2, 0.25) is 5.78 Å². The van der Waals surface area contributed by atoms with Crippen LogP contribution in [0.2, 0.25) is 0 Å². The van der Waals surface area contributed by atoms with Gasteiger partial charge in [-0.05, 0) is 55.8 Å². The Balaban J connectivity index is 1.88. The van der Waals surface area contributed by atoms with E-state index in [0.29, 0.717) is 26.8 Å². The van der Waals surface area contributed by atoms with Gasteiger partial charge in [0.05, 0.1) is 27.2 Å². The van der Waals surface area contributed by atoms with Crippen LogP contribution in [0.1, 0.15) is 32.0 Å². The summed E-state index contributed by atoms with van der Waals surface area (Å²) in [5, 5.41) is 11.4. The first-order chi connectivity index (χ1) is 13.9. The van der Waals surface area contributed by atoms with Crippen LogP contribution < -0.4 is 4.90 Å². The van der Waals surface area contributed by atoms with Crippen LogP contribution in [0.3, 0.4) is 0 Å². The van der Waals surface area contributed by atoms with E-state index in [1.54, 1.807) is 38.4 Å². The van der Waals surface area contributed by atoms with Crippen molar-refractivity contribution in [2.45, 2.75) is 19.9 Å². The number of nitrogens with zero attached hydrogens (tertiary/aromatic N) is 3. The second kappa shape index (κ2) is 7.21. The molecule has 0 saturated heterocycles. The molecule has 3 aromatic rings. The molecule has 2 aromatic heterocycles. The van der Waals surface area contributed by atoms with Gasteiger partial charge >= 0.3 is 0 Å². The predicted octanol–water partition coefficient (Wildman–Crippen LogP) is 4.08. The minimum atomic E-state index is -0.870. The molecule has 0 radical (unpaired) electrons. The van der Waals surface area contributed by atoms with Crippen LogP contribution in [-0.2, 0) is 4.79 Å². The Kier molecular flexibility index (Phi) is 4.71. The maximum Gasteiger partial charge on any atom is 0.294 e. The number of hydrogen-bond donors (Lipinski definition) is 1. The Morgan fingerprint density at radius 1 is 1.14 bits per heavy atom. The van der Waals surface area contributed by atoms with Crippen molar-refractivity contribution in [2.75, 3.05) is 4.90 Å². The predicted molar refractivity (Wildman–Crippen MR) is 106 cm³/mol. The molecule has 0 fully saturated rings. The zero-order valence-corrected chi connectivity index (χ0v) is 16.4. The van der Waals surface area contributed by atoms with E-state index in [-0.39, 0.29) is 5.57 Å². The lowest BCUT2D eigenvalue weighted by Crippen LogP contribution is -2.31. The number of anilines is 1. The SMILES string of the molecule is Cc1nc(C)c(C(=O)C2=C(O)C(=O)N(c3ccc(F)cc3)C2c2ccncc2)s1. The Labute approximate surface area is 170 Å². The summed E-state index contributed by atoms with van der Waals surface area (Å²) in [4.78, 5) is 36.2. The fourth-order valence-corrected chi connectivity index (χ4v) is 4.30. The number of aromatic nitrogens is 2. The molecular weight excluding hydrogens is 393 g/mol. The molecule has 1 amide bonds. The molecule has 1 aliphatic heterocycles. The second-order valence-corrected chi connectivity index (χ2v) is 7.78. The first-order valence-corrected chi connectivity index (χ1v) is 9.61. The lowest BCUT2D eigenvalue weighted by atomic mass is 9.95. The van der Waals surface area contributed by atoms with Gasteiger partial charge in [0.1, 0.15) is 5.82 Å². The number of ketones is 1. The molecule has 1 atom stereocenters. The van der Waals surface area contributed by atoms with Crippen molar-refractivity contribution in [3.8, 4) is 0 Å². The van der Waals surface area contributed by atoms with Crippen molar-refractivity contribution in [1.29, 1.82) is 0 Å². The average molecular weight is 409 g/mol. The highest BCUT2D eigenvalue weighted by molar-refractivity contribution is 7.14.